The summed E-state index contributed by atoms with van der Waals surface area (Å²) in [6, 6.07) is 2.05. The lowest BCUT2D eigenvalue weighted by atomic mass is 10.1. The molecule has 0 aromatic carbocycles. The fourth-order valence-corrected chi connectivity index (χ4v) is 4.41. The van der Waals surface area contributed by atoms with Crippen LogP contribution in [-0.4, -0.2) is 45.3 Å². The Hall–Kier alpha value is -2.48. The van der Waals surface area contributed by atoms with Crippen molar-refractivity contribution < 1.29 is 14.3 Å². The van der Waals surface area contributed by atoms with E-state index in [0.717, 1.165) is 25.3 Å². The average Bonchev–Trinajstić information content (AvgIpc) is 3.26. The minimum Gasteiger partial charge on any atom is -0.477 e. The molecule has 4 heterocycles. The van der Waals surface area contributed by atoms with Crippen LogP contribution in [0.1, 0.15) is 42.6 Å². The Morgan fingerprint density at radius 3 is 2.81 bits per heavy atom. The molecule has 0 spiro atoms. The standard InChI is InChI=1S/C18H19FN4O3/c1-8-14-4-9(20-8)6-23(14)17-13(19)5-11-15(24)12(18(25)26)7-22(10-2-3-10)16(11)21-17/h5,7-10,14,20H,2-4,6H2,1H3,(H,25,26). The predicted molar refractivity (Wildman–Crippen MR) is 93.3 cm³/mol. The van der Waals surface area contributed by atoms with Crippen LogP contribution in [0.3, 0.4) is 0 Å². The van der Waals surface area contributed by atoms with Crippen LogP contribution in [0.25, 0.3) is 11.0 Å². The molecule has 2 aromatic rings. The minimum atomic E-state index is -1.30. The zero-order chi connectivity index (χ0) is 18.2. The van der Waals surface area contributed by atoms with Gasteiger partial charge in [0.25, 0.3) is 0 Å². The molecule has 2 bridgehead atoms. The Kier molecular flexibility index (Phi) is 3.19. The van der Waals surface area contributed by atoms with Gasteiger partial charge in [0.05, 0.1) is 5.39 Å². The maximum absolute atomic E-state index is 14.9. The van der Waals surface area contributed by atoms with Crippen LogP contribution in [-0.2, 0) is 0 Å². The van der Waals surface area contributed by atoms with Crippen LogP contribution in [0.5, 0.6) is 0 Å². The molecule has 1 aliphatic carbocycles. The van der Waals surface area contributed by atoms with Crippen molar-refractivity contribution in [2.24, 2.45) is 0 Å². The number of nitrogens with one attached hydrogen (secondary N) is 1. The smallest absolute Gasteiger partial charge is 0.341 e. The molecule has 5 rings (SSSR count). The van der Waals surface area contributed by atoms with Gasteiger partial charge in [0.15, 0.2) is 11.6 Å². The maximum atomic E-state index is 14.9. The van der Waals surface area contributed by atoms with Gasteiger partial charge in [-0.05, 0) is 32.3 Å². The number of hydrogen-bond donors (Lipinski definition) is 2. The van der Waals surface area contributed by atoms with E-state index in [1.165, 1.54) is 6.20 Å². The summed E-state index contributed by atoms with van der Waals surface area (Å²) < 4.78 is 16.6. The largest absolute Gasteiger partial charge is 0.477 e. The number of aromatic nitrogens is 2. The molecule has 0 radical (unpaired) electrons. The van der Waals surface area contributed by atoms with Crippen LogP contribution in [0, 0.1) is 5.82 Å². The van der Waals surface area contributed by atoms with E-state index in [2.05, 4.69) is 17.2 Å². The second kappa shape index (κ2) is 5.26. The second-order valence-electron chi connectivity index (χ2n) is 7.59. The first-order valence-corrected chi connectivity index (χ1v) is 8.95. The van der Waals surface area contributed by atoms with Gasteiger partial charge in [-0.15, -0.1) is 0 Å². The number of carbonyl (C=O) groups is 1. The van der Waals surface area contributed by atoms with Gasteiger partial charge in [-0.1, -0.05) is 0 Å². The second-order valence-corrected chi connectivity index (χ2v) is 7.59. The van der Waals surface area contributed by atoms with Crippen molar-refractivity contribution in [1.82, 2.24) is 14.9 Å². The number of aromatic carboxylic acids is 1. The number of fused-ring (bicyclic) bond motifs is 3. The number of hydrogen-bond acceptors (Lipinski definition) is 5. The van der Waals surface area contributed by atoms with Crippen LogP contribution in [0.2, 0.25) is 0 Å². The molecule has 3 fully saturated rings. The molecule has 3 unspecified atom stereocenters. The number of piperazine rings is 1. The number of pyridine rings is 2. The van der Waals surface area contributed by atoms with Gasteiger partial charge >= 0.3 is 5.97 Å². The fourth-order valence-electron chi connectivity index (χ4n) is 4.41. The summed E-state index contributed by atoms with van der Waals surface area (Å²) in [7, 11) is 0. The molecule has 2 N–H and O–H groups in total. The summed E-state index contributed by atoms with van der Waals surface area (Å²) in [4.78, 5) is 30.4. The van der Waals surface area contributed by atoms with E-state index >= 15 is 0 Å². The molecule has 136 valence electrons. The third kappa shape index (κ3) is 2.18. The van der Waals surface area contributed by atoms with Crippen molar-refractivity contribution in [2.45, 2.75) is 50.4 Å². The lowest BCUT2D eigenvalue weighted by molar-refractivity contribution is 0.0695. The highest BCUT2D eigenvalue weighted by Crippen LogP contribution is 2.38. The first-order chi connectivity index (χ1) is 12.4. The molecule has 8 heteroatoms. The van der Waals surface area contributed by atoms with Gasteiger partial charge in [0.1, 0.15) is 11.2 Å². The van der Waals surface area contributed by atoms with Gasteiger partial charge in [0.2, 0.25) is 5.43 Å². The van der Waals surface area contributed by atoms with Gasteiger partial charge in [0, 0.05) is 36.9 Å². The molecule has 3 aliphatic rings. The third-order valence-corrected chi connectivity index (χ3v) is 5.80. The van der Waals surface area contributed by atoms with Crippen molar-refractivity contribution in [3.8, 4) is 0 Å². The fraction of sp³-hybridized carbons (Fsp3) is 0.500. The van der Waals surface area contributed by atoms with E-state index in [-0.39, 0.29) is 34.9 Å². The first kappa shape index (κ1) is 15.7. The summed E-state index contributed by atoms with van der Waals surface area (Å²) in [5.41, 5.74) is -0.640. The maximum Gasteiger partial charge on any atom is 0.341 e. The third-order valence-electron chi connectivity index (χ3n) is 5.80. The molecule has 26 heavy (non-hydrogen) atoms. The number of anilines is 1. The van der Waals surface area contributed by atoms with Crippen molar-refractivity contribution in [3.63, 3.8) is 0 Å². The summed E-state index contributed by atoms with van der Waals surface area (Å²) in [5.74, 6) is -1.61. The molecule has 1 saturated carbocycles. The highest BCUT2D eigenvalue weighted by Gasteiger charge is 2.44. The zero-order valence-electron chi connectivity index (χ0n) is 14.3. The zero-order valence-corrected chi connectivity index (χ0v) is 14.3. The molecule has 3 atom stereocenters. The SMILES string of the molecule is CC1NC2CC1N(c1nc3c(cc1F)c(=O)c(C(=O)O)cn3C1CC1)C2. The van der Waals surface area contributed by atoms with E-state index in [0.29, 0.717) is 18.2 Å². The van der Waals surface area contributed by atoms with Crippen LogP contribution in [0.15, 0.2) is 17.1 Å². The number of halogens is 1. The van der Waals surface area contributed by atoms with Gasteiger partial charge < -0.3 is 19.9 Å². The van der Waals surface area contributed by atoms with Crippen LogP contribution >= 0.6 is 0 Å². The highest BCUT2D eigenvalue weighted by atomic mass is 19.1. The molecule has 2 aromatic heterocycles. The summed E-state index contributed by atoms with van der Waals surface area (Å²) >= 11 is 0. The Labute approximate surface area is 148 Å². The lowest BCUT2D eigenvalue weighted by Gasteiger charge is -2.33. The van der Waals surface area contributed by atoms with E-state index in [1.807, 2.05) is 4.90 Å². The van der Waals surface area contributed by atoms with Crippen LogP contribution < -0.4 is 15.6 Å². The van der Waals surface area contributed by atoms with E-state index in [4.69, 9.17) is 0 Å². The normalized spacial score (nSPS) is 27.5. The monoisotopic (exact) mass is 358 g/mol. The highest BCUT2D eigenvalue weighted by molar-refractivity contribution is 5.92. The number of carboxylic acid groups (broad SMARTS) is 1. The predicted octanol–water partition coefficient (Wildman–Crippen LogP) is 1.51. The lowest BCUT2D eigenvalue weighted by Crippen LogP contribution is -2.50. The first-order valence-electron chi connectivity index (χ1n) is 8.95. The average molecular weight is 358 g/mol. The van der Waals surface area contributed by atoms with E-state index in [1.54, 1.807) is 4.57 Å². The molecule has 2 saturated heterocycles. The van der Waals surface area contributed by atoms with Gasteiger partial charge in [-0.2, -0.15) is 0 Å². The Morgan fingerprint density at radius 1 is 1.42 bits per heavy atom. The molecular formula is C18H19FN4O3. The Morgan fingerprint density at radius 2 is 2.19 bits per heavy atom. The Bertz CT molecular complexity index is 1000. The molecular weight excluding hydrogens is 339 g/mol. The van der Waals surface area contributed by atoms with Crippen molar-refractivity contribution >= 4 is 22.8 Å². The molecule has 0 amide bonds. The summed E-state index contributed by atoms with van der Waals surface area (Å²) in [5, 5.41) is 12.8. The minimum absolute atomic E-state index is 0.0357. The number of rotatable bonds is 3. The van der Waals surface area contributed by atoms with Crippen molar-refractivity contribution in [2.75, 3.05) is 11.4 Å². The van der Waals surface area contributed by atoms with E-state index in [9.17, 15) is 19.1 Å². The van der Waals surface area contributed by atoms with Crippen molar-refractivity contribution in [1.29, 1.82) is 0 Å². The van der Waals surface area contributed by atoms with Crippen LogP contribution in [0.4, 0.5) is 10.2 Å². The molecule has 7 nitrogen and oxygen atoms in total. The van der Waals surface area contributed by atoms with E-state index < -0.39 is 17.2 Å². The summed E-state index contributed by atoms with van der Waals surface area (Å²) in [6.07, 6.45) is 4.12. The Balaban J connectivity index is 1.72. The van der Waals surface area contributed by atoms with Crippen molar-refractivity contribution in [3.05, 3.63) is 33.9 Å². The van der Waals surface area contributed by atoms with Gasteiger partial charge in [-0.25, -0.2) is 14.2 Å². The topological polar surface area (TPSA) is 87.5 Å². The quantitative estimate of drug-likeness (QED) is 0.865. The molecule has 2 aliphatic heterocycles. The van der Waals surface area contributed by atoms with Gasteiger partial charge in [-0.3, -0.25) is 4.79 Å². The number of nitrogens with zero attached hydrogens (tertiary/aromatic N) is 3. The summed E-state index contributed by atoms with van der Waals surface area (Å²) in [6.45, 7) is 2.76. The number of carboxylic acids is 1.